The third kappa shape index (κ3) is 2.18. The minimum atomic E-state index is -0.347. The third-order valence-corrected chi connectivity index (χ3v) is 3.45. The molecule has 0 unspecified atom stereocenters. The van der Waals surface area contributed by atoms with Gasteiger partial charge in [-0.15, -0.1) is 0 Å². The fraction of sp³-hybridized carbons (Fsp3) is 0.429. The topological polar surface area (TPSA) is 23.5 Å². The predicted molar refractivity (Wildman–Crippen MR) is 66.2 cm³/mol. The Morgan fingerprint density at radius 1 is 1.31 bits per heavy atom. The second-order valence-electron chi connectivity index (χ2n) is 4.44. The molecule has 0 spiro atoms. The first-order valence-corrected chi connectivity index (χ1v) is 5.85. The molecule has 0 saturated heterocycles. The minimum absolute atomic E-state index is 0.181. The summed E-state index contributed by atoms with van der Waals surface area (Å²) in [5.74, 6) is 0. The number of hydrogen-bond acceptors (Lipinski definition) is 2. The highest BCUT2D eigenvalue weighted by atomic mass is 16.3. The molecule has 3 atom stereocenters. The van der Waals surface area contributed by atoms with Crippen LogP contribution in [-0.4, -0.2) is 28.7 Å². The molecule has 0 radical (unpaired) electrons. The predicted octanol–water partition coefficient (Wildman–Crippen LogP) is 2.37. The van der Waals surface area contributed by atoms with Gasteiger partial charge < -0.3 is 5.11 Å². The van der Waals surface area contributed by atoms with Gasteiger partial charge in [-0.05, 0) is 19.4 Å². The normalized spacial score (nSPS) is 27.9. The Hall–Kier alpha value is -1.12. The maximum absolute atomic E-state index is 9.82. The number of aliphatic hydroxyl groups excluding tert-OH is 1. The van der Waals surface area contributed by atoms with E-state index in [0.29, 0.717) is 6.04 Å². The Labute approximate surface area is 97.2 Å². The highest BCUT2D eigenvalue weighted by Gasteiger charge is 2.26. The second kappa shape index (κ2) is 4.81. The maximum Gasteiger partial charge on any atom is 0.0874 e. The van der Waals surface area contributed by atoms with Gasteiger partial charge in [0.05, 0.1) is 6.10 Å². The van der Waals surface area contributed by atoms with Crippen LogP contribution >= 0.6 is 0 Å². The summed E-state index contributed by atoms with van der Waals surface area (Å²) >= 11 is 0. The summed E-state index contributed by atoms with van der Waals surface area (Å²) in [4.78, 5) is 2.32. The first kappa shape index (κ1) is 11.4. The highest BCUT2D eigenvalue weighted by Crippen LogP contribution is 2.25. The van der Waals surface area contributed by atoms with Crippen LogP contribution in [0, 0.1) is 0 Å². The van der Waals surface area contributed by atoms with Crippen LogP contribution in [0.2, 0.25) is 0 Å². The Balaban J connectivity index is 2.16. The molecule has 16 heavy (non-hydrogen) atoms. The van der Waals surface area contributed by atoms with Crippen LogP contribution in [0.25, 0.3) is 0 Å². The Kier molecular flexibility index (Phi) is 3.42. The van der Waals surface area contributed by atoms with Gasteiger partial charge in [-0.2, -0.15) is 0 Å². The smallest absolute Gasteiger partial charge is 0.0874 e. The molecule has 1 N–H and O–H groups in total. The standard InChI is InChI=1S/C14H19NO/c1-11(13-7-4-3-5-8-13)15-10-6-9-14(16)12(15)2/h3-9,11-12,14,16H,10H2,1-2H3/t11-,12+,14-/m1/s1. The summed E-state index contributed by atoms with van der Waals surface area (Å²) < 4.78 is 0. The number of nitrogens with zero attached hydrogens (tertiary/aromatic N) is 1. The van der Waals surface area contributed by atoms with Gasteiger partial charge in [0.2, 0.25) is 0 Å². The van der Waals surface area contributed by atoms with E-state index in [9.17, 15) is 5.11 Å². The fourth-order valence-electron chi connectivity index (χ4n) is 2.28. The Morgan fingerprint density at radius 2 is 2.00 bits per heavy atom. The van der Waals surface area contributed by atoms with Gasteiger partial charge in [0.15, 0.2) is 0 Å². The van der Waals surface area contributed by atoms with Crippen molar-refractivity contribution in [3.8, 4) is 0 Å². The largest absolute Gasteiger partial charge is 0.387 e. The van der Waals surface area contributed by atoms with Crippen molar-refractivity contribution < 1.29 is 5.11 Å². The lowest BCUT2D eigenvalue weighted by molar-refractivity contribution is 0.0613. The Bertz CT molecular complexity index is 360. The van der Waals surface area contributed by atoms with Crippen molar-refractivity contribution in [1.82, 2.24) is 4.90 Å². The molecule has 0 saturated carbocycles. The molecule has 86 valence electrons. The molecule has 0 aliphatic carbocycles. The molecule has 1 heterocycles. The molecular weight excluding hydrogens is 198 g/mol. The number of rotatable bonds is 2. The third-order valence-electron chi connectivity index (χ3n) is 3.45. The van der Waals surface area contributed by atoms with Gasteiger partial charge in [0, 0.05) is 18.6 Å². The van der Waals surface area contributed by atoms with Crippen LogP contribution in [0.15, 0.2) is 42.5 Å². The van der Waals surface area contributed by atoms with Crippen molar-refractivity contribution in [2.75, 3.05) is 6.54 Å². The van der Waals surface area contributed by atoms with Gasteiger partial charge in [0.1, 0.15) is 0 Å². The highest BCUT2D eigenvalue weighted by molar-refractivity contribution is 5.19. The van der Waals surface area contributed by atoms with E-state index in [1.165, 1.54) is 5.56 Å². The van der Waals surface area contributed by atoms with Crippen LogP contribution in [0.1, 0.15) is 25.5 Å². The molecule has 2 nitrogen and oxygen atoms in total. The van der Waals surface area contributed by atoms with Gasteiger partial charge in [-0.3, -0.25) is 4.90 Å². The molecule has 0 aromatic heterocycles. The maximum atomic E-state index is 9.82. The van der Waals surface area contributed by atoms with E-state index in [1.807, 2.05) is 18.2 Å². The van der Waals surface area contributed by atoms with Crippen LogP contribution in [0.4, 0.5) is 0 Å². The van der Waals surface area contributed by atoms with Crippen molar-refractivity contribution in [3.63, 3.8) is 0 Å². The van der Waals surface area contributed by atoms with Gasteiger partial charge in [-0.25, -0.2) is 0 Å². The first-order valence-electron chi connectivity index (χ1n) is 5.85. The van der Waals surface area contributed by atoms with E-state index in [1.54, 1.807) is 0 Å². The van der Waals surface area contributed by atoms with Crippen LogP contribution < -0.4 is 0 Å². The summed E-state index contributed by atoms with van der Waals surface area (Å²) in [6, 6.07) is 11.0. The van der Waals surface area contributed by atoms with Crippen LogP contribution in [-0.2, 0) is 0 Å². The van der Waals surface area contributed by atoms with Crippen molar-refractivity contribution in [1.29, 1.82) is 0 Å². The first-order chi connectivity index (χ1) is 7.70. The lowest BCUT2D eigenvalue weighted by atomic mass is 10.0. The van der Waals surface area contributed by atoms with Crippen LogP contribution in [0.3, 0.4) is 0 Å². The van der Waals surface area contributed by atoms with Crippen molar-refractivity contribution in [2.24, 2.45) is 0 Å². The zero-order chi connectivity index (χ0) is 11.5. The molecule has 1 aromatic carbocycles. The average molecular weight is 217 g/mol. The van der Waals surface area contributed by atoms with Crippen molar-refractivity contribution in [2.45, 2.75) is 32.0 Å². The van der Waals surface area contributed by atoms with Gasteiger partial charge >= 0.3 is 0 Å². The second-order valence-corrected chi connectivity index (χ2v) is 4.44. The van der Waals surface area contributed by atoms with Gasteiger partial charge in [-0.1, -0.05) is 42.5 Å². The van der Waals surface area contributed by atoms with E-state index < -0.39 is 0 Å². The van der Waals surface area contributed by atoms with Crippen LogP contribution in [0.5, 0.6) is 0 Å². The number of hydrogen-bond donors (Lipinski definition) is 1. The fourth-order valence-corrected chi connectivity index (χ4v) is 2.28. The summed E-state index contributed by atoms with van der Waals surface area (Å²) in [5, 5.41) is 9.82. The molecule has 2 rings (SSSR count). The monoisotopic (exact) mass is 217 g/mol. The molecule has 0 fully saturated rings. The number of aliphatic hydroxyl groups is 1. The lowest BCUT2D eigenvalue weighted by Gasteiger charge is -2.38. The SMILES string of the molecule is C[C@H](c1ccccc1)N1CC=C[C@@H](O)[C@@H]1C. The quantitative estimate of drug-likeness (QED) is 0.769. The lowest BCUT2D eigenvalue weighted by Crippen LogP contribution is -2.44. The molecule has 0 bridgehead atoms. The van der Waals surface area contributed by atoms with E-state index in [0.717, 1.165) is 6.54 Å². The summed E-state index contributed by atoms with van der Waals surface area (Å²) in [7, 11) is 0. The zero-order valence-electron chi connectivity index (χ0n) is 9.88. The summed E-state index contributed by atoms with van der Waals surface area (Å²) in [6.45, 7) is 5.18. The van der Waals surface area contributed by atoms with E-state index in [-0.39, 0.29) is 12.1 Å². The van der Waals surface area contributed by atoms with E-state index in [4.69, 9.17) is 0 Å². The molecule has 1 aliphatic heterocycles. The molecule has 0 amide bonds. The van der Waals surface area contributed by atoms with Crippen molar-refractivity contribution >= 4 is 0 Å². The number of benzene rings is 1. The molecule has 2 heteroatoms. The molecular formula is C14H19NO. The average Bonchev–Trinajstić information content (AvgIpc) is 2.33. The minimum Gasteiger partial charge on any atom is -0.387 e. The molecule has 1 aliphatic rings. The summed E-state index contributed by atoms with van der Waals surface area (Å²) in [6.07, 6.45) is 3.59. The Morgan fingerprint density at radius 3 is 2.69 bits per heavy atom. The van der Waals surface area contributed by atoms with Gasteiger partial charge in [0.25, 0.3) is 0 Å². The van der Waals surface area contributed by atoms with E-state index in [2.05, 4.69) is 43.0 Å². The summed E-state index contributed by atoms with van der Waals surface area (Å²) in [5.41, 5.74) is 1.30. The van der Waals surface area contributed by atoms with Crippen molar-refractivity contribution in [3.05, 3.63) is 48.0 Å². The van der Waals surface area contributed by atoms with E-state index >= 15 is 0 Å². The molecule has 1 aromatic rings. The zero-order valence-corrected chi connectivity index (χ0v) is 9.88.